The molecule has 1 heterocycles. The minimum absolute atomic E-state index is 0.0114. The Morgan fingerprint density at radius 3 is 2.33 bits per heavy atom. The monoisotopic (exact) mass is 416 g/mol. The molecule has 4 rings (SSSR count). The lowest BCUT2D eigenvalue weighted by molar-refractivity contribution is -0.116. The van der Waals surface area contributed by atoms with Gasteiger partial charge in [0.1, 0.15) is 35.6 Å². The van der Waals surface area contributed by atoms with Gasteiger partial charge < -0.3 is 34.6 Å². The molecule has 0 bridgehead atoms. The quantitative estimate of drug-likeness (QED) is 0.472. The SMILES string of the molecule is COc1cc(O[C@H]2O[C@H](CO)[C@@H](O)[C@H]2O)cc2c1C(=O)c1c(O)cc(C)cc1C2=O. The number of ketones is 2. The van der Waals surface area contributed by atoms with Gasteiger partial charge in [-0.3, -0.25) is 9.59 Å². The average Bonchev–Trinajstić information content (AvgIpc) is 2.98. The molecule has 4 N–H and O–H groups in total. The molecule has 9 nitrogen and oxygen atoms in total. The first-order chi connectivity index (χ1) is 14.3. The fourth-order valence-corrected chi connectivity index (χ4v) is 3.78. The lowest BCUT2D eigenvalue weighted by atomic mass is 9.82. The van der Waals surface area contributed by atoms with E-state index in [4.69, 9.17) is 14.2 Å². The molecule has 1 saturated heterocycles. The number of methoxy groups -OCH3 is 1. The first kappa shape index (κ1) is 20.3. The third kappa shape index (κ3) is 3.03. The molecule has 0 amide bonds. The minimum atomic E-state index is -1.43. The van der Waals surface area contributed by atoms with Crippen molar-refractivity contribution in [2.75, 3.05) is 13.7 Å². The Balaban J connectivity index is 1.77. The van der Waals surface area contributed by atoms with Gasteiger partial charge in [-0.05, 0) is 30.7 Å². The number of rotatable bonds is 4. The number of aliphatic hydroxyl groups is 3. The van der Waals surface area contributed by atoms with Crippen molar-refractivity contribution in [1.29, 1.82) is 0 Å². The van der Waals surface area contributed by atoms with Crippen LogP contribution in [-0.2, 0) is 4.74 Å². The zero-order valence-electron chi connectivity index (χ0n) is 16.2. The van der Waals surface area contributed by atoms with E-state index in [1.807, 2.05) is 0 Å². The highest BCUT2D eigenvalue weighted by atomic mass is 16.7. The second-order valence-electron chi connectivity index (χ2n) is 7.24. The first-order valence-electron chi connectivity index (χ1n) is 9.21. The maximum atomic E-state index is 13.1. The van der Waals surface area contributed by atoms with Gasteiger partial charge in [0.2, 0.25) is 12.1 Å². The van der Waals surface area contributed by atoms with Crippen molar-refractivity contribution < 1.29 is 44.2 Å². The Bertz CT molecular complexity index is 1050. The predicted octanol–water partition coefficient (Wildman–Crippen LogP) is 0.302. The molecule has 0 spiro atoms. The number of aromatic hydroxyl groups is 1. The molecule has 30 heavy (non-hydrogen) atoms. The second kappa shape index (κ2) is 7.37. The number of phenolic OH excluding ortho intramolecular Hbond substituents is 1. The Morgan fingerprint density at radius 2 is 1.70 bits per heavy atom. The molecule has 2 aromatic carbocycles. The van der Waals surface area contributed by atoms with Crippen molar-refractivity contribution in [3.8, 4) is 17.2 Å². The van der Waals surface area contributed by atoms with Crippen LogP contribution in [0.5, 0.6) is 17.2 Å². The molecule has 1 aliphatic carbocycles. The van der Waals surface area contributed by atoms with Gasteiger partial charge in [-0.2, -0.15) is 0 Å². The van der Waals surface area contributed by atoms with Crippen LogP contribution in [0.4, 0.5) is 0 Å². The number of fused-ring (bicyclic) bond motifs is 2. The topological polar surface area (TPSA) is 143 Å². The van der Waals surface area contributed by atoms with Crippen LogP contribution in [0.25, 0.3) is 0 Å². The maximum Gasteiger partial charge on any atom is 0.229 e. The van der Waals surface area contributed by atoms with Crippen molar-refractivity contribution >= 4 is 11.6 Å². The van der Waals surface area contributed by atoms with Crippen LogP contribution in [0, 0.1) is 6.92 Å². The molecule has 2 aliphatic rings. The van der Waals surface area contributed by atoms with E-state index in [1.54, 1.807) is 6.92 Å². The van der Waals surface area contributed by atoms with Gasteiger partial charge in [0.05, 0.1) is 24.8 Å². The summed E-state index contributed by atoms with van der Waals surface area (Å²) >= 11 is 0. The highest BCUT2D eigenvalue weighted by Gasteiger charge is 2.44. The van der Waals surface area contributed by atoms with Gasteiger partial charge in [-0.15, -0.1) is 0 Å². The summed E-state index contributed by atoms with van der Waals surface area (Å²) in [4.78, 5) is 26.1. The van der Waals surface area contributed by atoms with E-state index < -0.39 is 42.8 Å². The second-order valence-corrected chi connectivity index (χ2v) is 7.24. The van der Waals surface area contributed by atoms with E-state index in [0.29, 0.717) is 5.56 Å². The third-order valence-electron chi connectivity index (χ3n) is 5.25. The van der Waals surface area contributed by atoms with E-state index in [-0.39, 0.29) is 39.5 Å². The van der Waals surface area contributed by atoms with Crippen LogP contribution in [0.2, 0.25) is 0 Å². The number of aryl methyl sites for hydroxylation is 1. The lowest BCUT2D eigenvalue weighted by Crippen LogP contribution is -2.35. The van der Waals surface area contributed by atoms with E-state index in [0.717, 1.165) is 0 Å². The Labute approximate surface area is 171 Å². The Hall–Kier alpha value is -2.98. The van der Waals surface area contributed by atoms with E-state index in [9.17, 15) is 30.0 Å². The zero-order valence-corrected chi connectivity index (χ0v) is 16.2. The molecule has 0 aromatic heterocycles. The molecule has 158 valence electrons. The molecule has 9 heteroatoms. The summed E-state index contributed by atoms with van der Waals surface area (Å²) < 4.78 is 16.2. The molecule has 1 aliphatic heterocycles. The van der Waals surface area contributed by atoms with Crippen LogP contribution >= 0.6 is 0 Å². The highest BCUT2D eigenvalue weighted by Crippen LogP contribution is 2.40. The number of hydrogen-bond acceptors (Lipinski definition) is 9. The van der Waals surface area contributed by atoms with Gasteiger partial charge in [0.15, 0.2) is 5.78 Å². The van der Waals surface area contributed by atoms with Crippen molar-refractivity contribution in [1.82, 2.24) is 0 Å². The van der Waals surface area contributed by atoms with Crippen LogP contribution in [0.15, 0.2) is 24.3 Å². The van der Waals surface area contributed by atoms with Gasteiger partial charge in [-0.1, -0.05) is 0 Å². The normalized spacial score (nSPS) is 25.1. The number of carbonyl (C=O) groups excluding carboxylic acids is 2. The summed E-state index contributed by atoms with van der Waals surface area (Å²) in [5.41, 5.74) is 0.591. The number of carbonyl (C=O) groups is 2. The minimum Gasteiger partial charge on any atom is -0.507 e. The largest absolute Gasteiger partial charge is 0.507 e. The first-order valence-corrected chi connectivity index (χ1v) is 9.21. The summed E-state index contributed by atoms with van der Waals surface area (Å²) in [6.07, 6.45) is -5.10. The van der Waals surface area contributed by atoms with Gasteiger partial charge in [0, 0.05) is 17.2 Å². The standard InChI is InChI=1S/C21H20O9/c1-8-3-10-15(12(23)4-8)19(26)16-11(17(10)24)5-9(6-13(16)28-2)29-21-20(27)18(25)14(7-22)30-21/h3-6,14,18,20-23,25,27H,7H2,1-2H3/t14-,18-,20-,21+/m1/s1. The molecule has 2 aromatic rings. The van der Waals surface area contributed by atoms with Gasteiger partial charge in [0.25, 0.3) is 0 Å². The van der Waals surface area contributed by atoms with Gasteiger partial charge in [-0.25, -0.2) is 0 Å². The number of aliphatic hydroxyl groups excluding tert-OH is 3. The van der Waals surface area contributed by atoms with Crippen LogP contribution in [0.3, 0.4) is 0 Å². The number of benzene rings is 2. The van der Waals surface area contributed by atoms with Crippen LogP contribution < -0.4 is 9.47 Å². The zero-order chi connectivity index (χ0) is 21.7. The van der Waals surface area contributed by atoms with Crippen molar-refractivity contribution in [3.63, 3.8) is 0 Å². The number of phenols is 1. The molecular formula is C21H20O9. The summed E-state index contributed by atoms with van der Waals surface area (Å²) in [7, 11) is 1.31. The Kier molecular flexibility index (Phi) is 4.99. The smallest absolute Gasteiger partial charge is 0.229 e. The fraction of sp³-hybridized carbons (Fsp3) is 0.333. The van der Waals surface area contributed by atoms with E-state index >= 15 is 0 Å². The average molecular weight is 416 g/mol. The molecule has 0 saturated carbocycles. The molecule has 1 fully saturated rings. The molecule has 0 unspecified atom stereocenters. The molecular weight excluding hydrogens is 396 g/mol. The van der Waals surface area contributed by atoms with Crippen molar-refractivity contribution in [2.45, 2.75) is 31.5 Å². The van der Waals surface area contributed by atoms with E-state index in [1.165, 1.54) is 31.4 Å². The highest BCUT2D eigenvalue weighted by molar-refractivity contribution is 6.30. The number of hydrogen-bond donors (Lipinski definition) is 4. The summed E-state index contributed by atoms with van der Waals surface area (Å²) in [5.74, 6) is -1.25. The summed E-state index contributed by atoms with van der Waals surface area (Å²) in [5, 5.41) is 39.4. The number of ether oxygens (including phenoxy) is 3. The van der Waals surface area contributed by atoms with Crippen molar-refractivity contribution in [2.24, 2.45) is 0 Å². The molecule has 4 atom stereocenters. The van der Waals surface area contributed by atoms with Gasteiger partial charge >= 0.3 is 0 Å². The predicted molar refractivity (Wildman–Crippen MR) is 101 cm³/mol. The van der Waals surface area contributed by atoms with Crippen LogP contribution in [-0.4, -0.2) is 70.3 Å². The van der Waals surface area contributed by atoms with Crippen molar-refractivity contribution in [3.05, 3.63) is 52.1 Å². The van der Waals surface area contributed by atoms with Crippen LogP contribution in [0.1, 0.15) is 37.4 Å². The lowest BCUT2D eigenvalue weighted by Gasteiger charge is -2.23. The Morgan fingerprint density at radius 1 is 1.00 bits per heavy atom. The maximum absolute atomic E-state index is 13.1. The molecule has 0 radical (unpaired) electrons. The summed E-state index contributed by atoms with van der Waals surface area (Å²) in [6, 6.07) is 5.58. The third-order valence-corrected chi connectivity index (χ3v) is 5.25. The summed E-state index contributed by atoms with van der Waals surface area (Å²) in [6.45, 7) is 1.17. The fourth-order valence-electron chi connectivity index (χ4n) is 3.78. The van der Waals surface area contributed by atoms with E-state index in [2.05, 4.69) is 0 Å².